The monoisotopic (exact) mass is 232 g/mol. The van der Waals surface area contributed by atoms with Gasteiger partial charge in [0.2, 0.25) is 0 Å². The molecule has 2 rings (SSSR count). The molecule has 5 nitrogen and oxygen atoms in total. The number of nitrogens with one attached hydrogen (secondary N) is 1. The van der Waals surface area contributed by atoms with Crippen molar-refractivity contribution in [3.63, 3.8) is 0 Å². The fourth-order valence-corrected chi connectivity index (χ4v) is 1.57. The molecule has 0 aliphatic carbocycles. The zero-order valence-electron chi connectivity index (χ0n) is 9.53. The maximum atomic E-state index is 9.76. The molecule has 0 saturated heterocycles. The molecule has 0 saturated carbocycles. The molecule has 0 aromatic carbocycles. The highest BCUT2D eigenvalue weighted by Crippen LogP contribution is 1.95. The van der Waals surface area contributed by atoms with E-state index >= 15 is 0 Å². The number of aliphatic hydroxyl groups is 1. The SMILES string of the molecule is OC(CNCc1ccncc1)Cn1cccn1. The Bertz CT molecular complexity index is 415. The number of aromatic nitrogens is 3. The Hall–Kier alpha value is -1.72. The van der Waals surface area contributed by atoms with Crippen LogP contribution in [-0.2, 0) is 13.1 Å². The number of rotatable bonds is 6. The molecule has 1 atom stereocenters. The largest absolute Gasteiger partial charge is 0.390 e. The van der Waals surface area contributed by atoms with Crippen molar-refractivity contribution >= 4 is 0 Å². The minimum absolute atomic E-state index is 0.434. The van der Waals surface area contributed by atoms with E-state index in [1.807, 2.05) is 24.4 Å². The van der Waals surface area contributed by atoms with Crippen LogP contribution in [0.3, 0.4) is 0 Å². The number of aliphatic hydroxyl groups excluding tert-OH is 1. The predicted molar refractivity (Wildman–Crippen MR) is 64.2 cm³/mol. The molecule has 1 unspecified atom stereocenters. The van der Waals surface area contributed by atoms with E-state index in [0.29, 0.717) is 13.1 Å². The molecule has 2 aromatic rings. The number of hydrogen-bond acceptors (Lipinski definition) is 4. The molecule has 17 heavy (non-hydrogen) atoms. The van der Waals surface area contributed by atoms with Crippen molar-refractivity contribution in [1.82, 2.24) is 20.1 Å². The van der Waals surface area contributed by atoms with Gasteiger partial charge < -0.3 is 10.4 Å². The lowest BCUT2D eigenvalue weighted by atomic mass is 10.2. The van der Waals surface area contributed by atoms with Gasteiger partial charge in [-0.05, 0) is 23.8 Å². The third-order valence-electron chi connectivity index (χ3n) is 2.42. The first-order chi connectivity index (χ1) is 8.34. The molecule has 0 bridgehead atoms. The van der Waals surface area contributed by atoms with Crippen molar-refractivity contribution in [1.29, 1.82) is 0 Å². The second kappa shape index (κ2) is 6.12. The van der Waals surface area contributed by atoms with Gasteiger partial charge in [0.05, 0.1) is 12.6 Å². The Morgan fingerprint density at radius 2 is 2.12 bits per heavy atom. The van der Waals surface area contributed by atoms with Crippen LogP contribution >= 0.6 is 0 Å². The van der Waals surface area contributed by atoms with Gasteiger partial charge in [-0.3, -0.25) is 9.67 Å². The van der Waals surface area contributed by atoms with Crippen LogP contribution in [0.5, 0.6) is 0 Å². The third-order valence-corrected chi connectivity index (χ3v) is 2.42. The fourth-order valence-electron chi connectivity index (χ4n) is 1.57. The number of hydrogen-bond donors (Lipinski definition) is 2. The predicted octanol–water partition coefficient (Wildman–Crippen LogP) is 0.429. The summed E-state index contributed by atoms with van der Waals surface area (Å²) >= 11 is 0. The summed E-state index contributed by atoms with van der Waals surface area (Å²) < 4.78 is 1.72. The second-order valence-electron chi connectivity index (χ2n) is 3.87. The molecule has 0 aliphatic rings. The molecule has 5 heteroatoms. The molecule has 0 aliphatic heterocycles. The van der Waals surface area contributed by atoms with Gasteiger partial charge in [0.25, 0.3) is 0 Å². The first-order valence-electron chi connectivity index (χ1n) is 5.60. The molecule has 90 valence electrons. The van der Waals surface area contributed by atoms with Crippen LogP contribution in [0.2, 0.25) is 0 Å². The lowest BCUT2D eigenvalue weighted by molar-refractivity contribution is 0.146. The molecule has 2 aromatic heterocycles. The van der Waals surface area contributed by atoms with Crippen LogP contribution in [-0.4, -0.2) is 32.5 Å². The summed E-state index contributed by atoms with van der Waals surface area (Å²) in [6, 6.07) is 5.75. The summed E-state index contributed by atoms with van der Waals surface area (Å²) in [6.45, 7) is 1.79. The van der Waals surface area contributed by atoms with Crippen molar-refractivity contribution in [3.05, 3.63) is 48.5 Å². The van der Waals surface area contributed by atoms with E-state index < -0.39 is 6.10 Å². The molecule has 2 N–H and O–H groups in total. The quantitative estimate of drug-likeness (QED) is 0.758. The van der Waals surface area contributed by atoms with Gasteiger partial charge >= 0.3 is 0 Å². The van der Waals surface area contributed by atoms with Gasteiger partial charge in [-0.25, -0.2) is 0 Å². The Morgan fingerprint density at radius 3 is 2.82 bits per heavy atom. The van der Waals surface area contributed by atoms with E-state index in [0.717, 1.165) is 12.1 Å². The fraction of sp³-hybridized carbons (Fsp3) is 0.333. The van der Waals surface area contributed by atoms with Crippen LogP contribution in [0.25, 0.3) is 0 Å². The van der Waals surface area contributed by atoms with Gasteiger partial charge in [-0.15, -0.1) is 0 Å². The lowest BCUT2D eigenvalue weighted by Gasteiger charge is -2.11. The van der Waals surface area contributed by atoms with E-state index in [4.69, 9.17) is 0 Å². The molecular weight excluding hydrogens is 216 g/mol. The molecule has 0 fully saturated rings. The van der Waals surface area contributed by atoms with E-state index in [2.05, 4.69) is 15.4 Å². The maximum Gasteiger partial charge on any atom is 0.0860 e. The van der Waals surface area contributed by atoms with E-state index in [9.17, 15) is 5.11 Å². The summed E-state index contributed by atoms with van der Waals surface area (Å²) in [5.74, 6) is 0. The van der Waals surface area contributed by atoms with Gasteiger partial charge in [-0.2, -0.15) is 5.10 Å². The molecule has 0 radical (unpaired) electrons. The van der Waals surface area contributed by atoms with E-state index in [1.165, 1.54) is 0 Å². The van der Waals surface area contributed by atoms with Crippen molar-refractivity contribution in [2.24, 2.45) is 0 Å². The van der Waals surface area contributed by atoms with Crippen LogP contribution < -0.4 is 5.32 Å². The first kappa shape index (κ1) is 11.8. The first-order valence-corrected chi connectivity index (χ1v) is 5.60. The van der Waals surface area contributed by atoms with Gasteiger partial charge in [-0.1, -0.05) is 0 Å². The Labute approximate surface area is 100 Å². The minimum atomic E-state index is -0.434. The van der Waals surface area contributed by atoms with Crippen LogP contribution in [0.15, 0.2) is 43.0 Å². The van der Waals surface area contributed by atoms with Crippen molar-refractivity contribution < 1.29 is 5.11 Å². The molecule has 0 amide bonds. The molecule has 2 heterocycles. The summed E-state index contributed by atoms with van der Waals surface area (Å²) in [7, 11) is 0. The zero-order valence-corrected chi connectivity index (χ0v) is 9.53. The van der Waals surface area contributed by atoms with Crippen LogP contribution in [0.4, 0.5) is 0 Å². The number of pyridine rings is 1. The van der Waals surface area contributed by atoms with Crippen molar-refractivity contribution in [2.75, 3.05) is 6.54 Å². The third kappa shape index (κ3) is 3.97. The highest BCUT2D eigenvalue weighted by molar-refractivity contribution is 5.08. The Morgan fingerprint density at radius 1 is 1.29 bits per heavy atom. The van der Waals surface area contributed by atoms with Crippen molar-refractivity contribution in [3.8, 4) is 0 Å². The lowest BCUT2D eigenvalue weighted by Crippen LogP contribution is -2.30. The average Bonchev–Trinajstić information content (AvgIpc) is 2.83. The van der Waals surface area contributed by atoms with Gasteiger partial charge in [0, 0.05) is 37.9 Å². The standard InChI is InChI=1S/C12H16N4O/c17-12(10-16-7-1-4-15-16)9-14-8-11-2-5-13-6-3-11/h1-7,12,14,17H,8-10H2. The second-order valence-corrected chi connectivity index (χ2v) is 3.87. The van der Waals surface area contributed by atoms with Gasteiger partial charge in [0.1, 0.15) is 0 Å². The Kier molecular flexibility index (Phi) is 4.23. The highest BCUT2D eigenvalue weighted by Gasteiger charge is 2.04. The van der Waals surface area contributed by atoms with Gasteiger partial charge in [0.15, 0.2) is 0 Å². The summed E-state index contributed by atoms with van der Waals surface area (Å²) in [5.41, 5.74) is 1.16. The maximum absolute atomic E-state index is 9.76. The normalized spacial score (nSPS) is 12.5. The average molecular weight is 232 g/mol. The Balaban J connectivity index is 1.68. The smallest absolute Gasteiger partial charge is 0.0860 e. The summed E-state index contributed by atoms with van der Waals surface area (Å²) in [4.78, 5) is 3.95. The highest BCUT2D eigenvalue weighted by atomic mass is 16.3. The van der Waals surface area contributed by atoms with Crippen LogP contribution in [0.1, 0.15) is 5.56 Å². The van der Waals surface area contributed by atoms with E-state index in [1.54, 1.807) is 23.3 Å². The van der Waals surface area contributed by atoms with E-state index in [-0.39, 0.29) is 0 Å². The minimum Gasteiger partial charge on any atom is -0.390 e. The summed E-state index contributed by atoms with van der Waals surface area (Å²) in [5, 5.41) is 17.0. The zero-order chi connectivity index (χ0) is 11.9. The molecular formula is C12H16N4O. The van der Waals surface area contributed by atoms with Crippen molar-refractivity contribution in [2.45, 2.75) is 19.2 Å². The topological polar surface area (TPSA) is 63.0 Å². The number of nitrogens with zero attached hydrogens (tertiary/aromatic N) is 3. The molecule has 0 spiro atoms. The summed E-state index contributed by atoms with van der Waals surface area (Å²) in [6.07, 6.45) is 6.63. The van der Waals surface area contributed by atoms with Crippen LogP contribution in [0, 0.1) is 0 Å².